The molecule has 2 rings (SSSR count). The summed E-state index contributed by atoms with van der Waals surface area (Å²) in [4.78, 5) is 25.9. The van der Waals surface area contributed by atoms with E-state index < -0.39 is 0 Å². The molecule has 0 aromatic heterocycles. The summed E-state index contributed by atoms with van der Waals surface area (Å²) in [5.74, 6) is 0.760. The molecule has 0 saturated heterocycles. The van der Waals surface area contributed by atoms with Crippen LogP contribution in [0.1, 0.15) is 39.5 Å². The van der Waals surface area contributed by atoms with Gasteiger partial charge in [-0.05, 0) is 44.7 Å². The Labute approximate surface area is 161 Å². The van der Waals surface area contributed by atoms with Crippen molar-refractivity contribution in [2.45, 2.75) is 45.6 Å². The number of rotatable bonds is 8. The number of nitrogens with one attached hydrogen (secondary N) is 1. The van der Waals surface area contributed by atoms with Crippen LogP contribution in [-0.2, 0) is 9.59 Å². The van der Waals surface area contributed by atoms with Gasteiger partial charge in [0.25, 0.3) is 5.91 Å². The summed E-state index contributed by atoms with van der Waals surface area (Å²) in [6.07, 6.45) is 3.57. The fourth-order valence-corrected chi connectivity index (χ4v) is 3.25. The maximum atomic E-state index is 12.2. The van der Waals surface area contributed by atoms with E-state index in [2.05, 4.69) is 5.32 Å². The van der Waals surface area contributed by atoms with Crippen molar-refractivity contribution in [2.75, 3.05) is 25.0 Å². The Morgan fingerprint density at radius 1 is 1.27 bits per heavy atom. The van der Waals surface area contributed by atoms with E-state index in [9.17, 15) is 9.59 Å². The van der Waals surface area contributed by atoms with Gasteiger partial charge < -0.3 is 20.7 Å². The van der Waals surface area contributed by atoms with Crippen LogP contribution in [0.3, 0.4) is 0 Å². The number of ether oxygens (including phenoxy) is 1. The van der Waals surface area contributed by atoms with Crippen molar-refractivity contribution in [1.82, 2.24) is 4.90 Å². The summed E-state index contributed by atoms with van der Waals surface area (Å²) in [7, 11) is 0. The topological polar surface area (TPSA) is 84.7 Å². The van der Waals surface area contributed by atoms with Crippen LogP contribution >= 0.6 is 12.4 Å². The van der Waals surface area contributed by atoms with Gasteiger partial charge in [0.2, 0.25) is 5.91 Å². The van der Waals surface area contributed by atoms with Gasteiger partial charge >= 0.3 is 0 Å². The van der Waals surface area contributed by atoms with Gasteiger partial charge in [-0.2, -0.15) is 0 Å². The van der Waals surface area contributed by atoms with Crippen molar-refractivity contribution in [2.24, 2.45) is 11.7 Å². The lowest BCUT2D eigenvalue weighted by atomic mass is 10.00. The number of carbonyl (C=O) groups is 2. The minimum Gasteiger partial charge on any atom is -0.484 e. The summed E-state index contributed by atoms with van der Waals surface area (Å²) in [5, 5.41) is 2.89. The summed E-state index contributed by atoms with van der Waals surface area (Å²) in [5.41, 5.74) is 6.69. The molecule has 0 heterocycles. The normalized spacial score (nSPS) is 18.7. The van der Waals surface area contributed by atoms with Crippen LogP contribution in [0.25, 0.3) is 0 Å². The second-order valence-electron chi connectivity index (χ2n) is 6.49. The van der Waals surface area contributed by atoms with E-state index in [-0.39, 0.29) is 42.8 Å². The molecule has 0 bridgehead atoms. The molecule has 1 fully saturated rings. The summed E-state index contributed by atoms with van der Waals surface area (Å²) < 4.78 is 5.56. The van der Waals surface area contributed by atoms with Gasteiger partial charge in [0.15, 0.2) is 6.61 Å². The fourth-order valence-electron chi connectivity index (χ4n) is 3.25. The molecule has 7 heteroatoms. The number of carbonyl (C=O) groups excluding carboxylic acids is 2. The molecular formula is C19H30ClN3O3. The van der Waals surface area contributed by atoms with Crippen LogP contribution in [0.15, 0.2) is 24.3 Å². The number of nitrogens with zero attached hydrogens (tertiary/aromatic N) is 1. The Hall–Kier alpha value is -1.79. The molecule has 1 saturated carbocycles. The molecule has 1 aliphatic rings. The lowest BCUT2D eigenvalue weighted by Gasteiger charge is -2.19. The van der Waals surface area contributed by atoms with Crippen LogP contribution in [-0.4, -0.2) is 42.5 Å². The Balaban J connectivity index is 0.00000338. The van der Waals surface area contributed by atoms with Crippen molar-refractivity contribution in [3.63, 3.8) is 0 Å². The first-order valence-corrected chi connectivity index (χ1v) is 9.09. The molecule has 3 N–H and O–H groups in total. The summed E-state index contributed by atoms with van der Waals surface area (Å²) >= 11 is 0. The highest BCUT2D eigenvalue weighted by molar-refractivity contribution is 5.91. The van der Waals surface area contributed by atoms with E-state index in [1.54, 1.807) is 23.1 Å². The van der Waals surface area contributed by atoms with Gasteiger partial charge in [0.05, 0.1) is 0 Å². The third kappa shape index (κ3) is 6.50. The second-order valence-corrected chi connectivity index (χ2v) is 6.49. The quantitative estimate of drug-likeness (QED) is 0.722. The average Bonchev–Trinajstić information content (AvgIpc) is 2.99. The molecule has 0 aliphatic heterocycles. The van der Waals surface area contributed by atoms with Crippen molar-refractivity contribution >= 4 is 29.9 Å². The van der Waals surface area contributed by atoms with Gasteiger partial charge in [0, 0.05) is 37.3 Å². The number of halogens is 1. The number of hydrogen-bond donors (Lipinski definition) is 2. The molecular weight excluding hydrogens is 354 g/mol. The molecule has 146 valence electrons. The second kappa shape index (κ2) is 11.0. The summed E-state index contributed by atoms with van der Waals surface area (Å²) in [6, 6.07) is 7.26. The maximum Gasteiger partial charge on any atom is 0.260 e. The molecule has 2 atom stereocenters. The SMILES string of the molecule is CCN(CC)C(=O)COc1cccc(NC(=O)C[C@@H]2CCC[C@H]2N)c1.Cl. The molecule has 1 aromatic carbocycles. The van der Waals surface area contributed by atoms with Gasteiger partial charge in [-0.1, -0.05) is 12.5 Å². The highest BCUT2D eigenvalue weighted by atomic mass is 35.5. The zero-order chi connectivity index (χ0) is 18.2. The predicted molar refractivity (Wildman–Crippen MR) is 106 cm³/mol. The zero-order valence-electron chi connectivity index (χ0n) is 15.6. The smallest absolute Gasteiger partial charge is 0.260 e. The molecule has 0 spiro atoms. The Kier molecular flexibility index (Phi) is 9.44. The maximum absolute atomic E-state index is 12.2. The van der Waals surface area contributed by atoms with Gasteiger partial charge in [-0.15, -0.1) is 12.4 Å². The van der Waals surface area contributed by atoms with E-state index in [1.807, 2.05) is 19.9 Å². The van der Waals surface area contributed by atoms with Gasteiger partial charge in [-0.3, -0.25) is 9.59 Å². The molecule has 1 aliphatic carbocycles. The monoisotopic (exact) mass is 383 g/mol. The van der Waals surface area contributed by atoms with E-state index in [0.717, 1.165) is 19.3 Å². The lowest BCUT2D eigenvalue weighted by Crippen LogP contribution is -2.34. The molecule has 0 radical (unpaired) electrons. The number of hydrogen-bond acceptors (Lipinski definition) is 4. The molecule has 6 nitrogen and oxygen atoms in total. The van der Waals surface area contributed by atoms with Crippen molar-refractivity contribution in [3.05, 3.63) is 24.3 Å². The van der Waals surface area contributed by atoms with Crippen LogP contribution in [0, 0.1) is 5.92 Å². The Bertz CT molecular complexity index is 593. The van der Waals surface area contributed by atoms with Crippen LogP contribution in [0.4, 0.5) is 5.69 Å². The Morgan fingerprint density at radius 3 is 2.62 bits per heavy atom. The van der Waals surface area contributed by atoms with Crippen LogP contribution in [0.2, 0.25) is 0 Å². The van der Waals surface area contributed by atoms with Gasteiger partial charge in [-0.25, -0.2) is 0 Å². The van der Waals surface area contributed by atoms with Crippen LogP contribution in [0.5, 0.6) is 5.75 Å². The third-order valence-corrected chi connectivity index (χ3v) is 4.76. The van der Waals surface area contributed by atoms with Crippen molar-refractivity contribution in [1.29, 1.82) is 0 Å². The predicted octanol–water partition coefficient (Wildman–Crippen LogP) is 2.81. The number of anilines is 1. The number of benzene rings is 1. The largest absolute Gasteiger partial charge is 0.484 e. The number of nitrogens with two attached hydrogens (primary N) is 1. The van der Waals surface area contributed by atoms with Crippen molar-refractivity contribution < 1.29 is 14.3 Å². The third-order valence-electron chi connectivity index (χ3n) is 4.76. The van der Waals surface area contributed by atoms with Gasteiger partial charge in [0.1, 0.15) is 5.75 Å². The molecule has 0 unspecified atom stereocenters. The Morgan fingerprint density at radius 2 is 2.00 bits per heavy atom. The zero-order valence-corrected chi connectivity index (χ0v) is 16.4. The molecule has 2 amide bonds. The van der Waals surface area contributed by atoms with E-state index in [1.165, 1.54) is 0 Å². The number of amides is 2. The average molecular weight is 384 g/mol. The van der Waals surface area contributed by atoms with E-state index in [0.29, 0.717) is 30.9 Å². The first-order chi connectivity index (χ1) is 12.0. The first kappa shape index (κ1) is 22.3. The van der Waals surface area contributed by atoms with Crippen molar-refractivity contribution in [3.8, 4) is 5.75 Å². The minimum absolute atomic E-state index is 0. The first-order valence-electron chi connectivity index (χ1n) is 9.09. The lowest BCUT2D eigenvalue weighted by molar-refractivity contribution is -0.133. The van der Waals surface area contributed by atoms with E-state index >= 15 is 0 Å². The number of likely N-dealkylation sites (N-methyl/N-ethyl adjacent to an activating group) is 1. The van der Waals surface area contributed by atoms with E-state index in [4.69, 9.17) is 10.5 Å². The standard InChI is InChI=1S/C19H29N3O3.ClH/c1-3-22(4-2)19(24)13-25-16-9-6-8-15(12-16)21-18(23)11-14-7-5-10-17(14)20;/h6,8-9,12,14,17H,3-5,7,10-11,13,20H2,1-2H3,(H,21,23);1H/t14-,17+;/m0./s1. The van der Waals surface area contributed by atoms with Crippen LogP contribution < -0.4 is 15.8 Å². The highest BCUT2D eigenvalue weighted by Crippen LogP contribution is 2.27. The summed E-state index contributed by atoms with van der Waals surface area (Å²) in [6.45, 7) is 5.20. The highest BCUT2D eigenvalue weighted by Gasteiger charge is 2.26. The molecule has 26 heavy (non-hydrogen) atoms. The minimum atomic E-state index is -0.0466. The fraction of sp³-hybridized carbons (Fsp3) is 0.579. The molecule has 1 aromatic rings.